The molecule has 0 spiro atoms. The number of pyridine rings is 1. The zero-order valence-corrected chi connectivity index (χ0v) is 14.2. The smallest absolute Gasteiger partial charge is 0.289 e. The minimum absolute atomic E-state index is 0.205. The van der Waals surface area contributed by atoms with E-state index < -0.39 is 0 Å². The molecule has 1 aliphatic carbocycles. The fraction of sp³-hybridized carbons (Fsp3) is 0.529. The maximum absolute atomic E-state index is 12.4. The second-order valence-electron chi connectivity index (χ2n) is 6.07. The van der Waals surface area contributed by atoms with Crippen molar-refractivity contribution in [3.63, 3.8) is 0 Å². The molecule has 2 aromatic rings. The lowest BCUT2D eigenvalue weighted by molar-refractivity contribution is 0.0941. The number of rotatable bonds is 5. The van der Waals surface area contributed by atoms with Crippen molar-refractivity contribution >= 4 is 22.8 Å². The number of aryl methyl sites for hydroxylation is 2. The molecule has 2 aromatic heterocycles. The van der Waals surface area contributed by atoms with Crippen molar-refractivity contribution in [3.05, 3.63) is 23.1 Å². The predicted molar refractivity (Wildman–Crippen MR) is 90.9 cm³/mol. The Balaban J connectivity index is 2.17. The first kappa shape index (κ1) is 15.6. The highest BCUT2D eigenvalue weighted by Gasteiger charge is 2.26. The van der Waals surface area contributed by atoms with Crippen LogP contribution in [0.25, 0.3) is 11.0 Å². The molecule has 0 bridgehead atoms. The van der Waals surface area contributed by atoms with Crippen LogP contribution in [0.15, 0.2) is 6.07 Å². The van der Waals surface area contributed by atoms with E-state index in [-0.39, 0.29) is 17.8 Å². The van der Waals surface area contributed by atoms with Crippen LogP contribution in [0.1, 0.15) is 48.6 Å². The number of carbonyl (C=O) groups excluding carboxylic acids is 1. The van der Waals surface area contributed by atoms with E-state index in [1.807, 2.05) is 19.9 Å². The van der Waals surface area contributed by atoms with Crippen LogP contribution in [0.5, 0.6) is 0 Å². The molecule has 0 saturated heterocycles. The van der Waals surface area contributed by atoms with Crippen LogP contribution in [-0.4, -0.2) is 40.0 Å². The molecule has 1 fully saturated rings. The number of nitrogens with one attached hydrogen (secondary N) is 1. The van der Waals surface area contributed by atoms with Crippen LogP contribution in [-0.2, 0) is 0 Å². The highest BCUT2D eigenvalue weighted by molar-refractivity contribution is 5.97. The standard InChI is InChI=1S/C17H23N5O/c1-5-22(6-2)16-13-10(3)9-11(4)18-14(13)20-15(21-16)17(23)19-12-7-8-12/h9,12H,5-8H2,1-4H3,(H,19,23). The zero-order chi connectivity index (χ0) is 16.6. The molecule has 1 saturated carbocycles. The van der Waals surface area contributed by atoms with Gasteiger partial charge in [0.1, 0.15) is 5.82 Å². The van der Waals surface area contributed by atoms with E-state index in [0.717, 1.165) is 48.4 Å². The van der Waals surface area contributed by atoms with Gasteiger partial charge in [0, 0.05) is 24.8 Å². The molecule has 0 aromatic carbocycles. The maximum Gasteiger partial charge on any atom is 0.289 e. The summed E-state index contributed by atoms with van der Waals surface area (Å²) in [5.74, 6) is 0.804. The Labute approximate surface area is 136 Å². The van der Waals surface area contributed by atoms with Gasteiger partial charge in [0.05, 0.1) is 5.39 Å². The minimum atomic E-state index is -0.205. The van der Waals surface area contributed by atoms with Gasteiger partial charge in [-0.3, -0.25) is 4.79 Å². The third-order valence-electron chi connectivity index (χ3n) is 4.15. The first-order chi connectivity index (χ1) is 11.0. The lowest BCUT2D eigenvalue weighted by Crippen LogP contribution is -2.30. The van der Waals surface area contributed by atoms with Gasteiger partial charge in [0.25, 0.3) is 5.91 Å². The third kappa shape index (κ3) is 3.11. The fourth-order valence-corrected chi connectivity index (χ4v) is 2.79. The number of carbonyl (C=O) groups is 1. The Bertz CT molecular complexity index is 750. The number of aromatic nitrogens is 3. The van der Waals surface area contributed by atoms with Gasteiger partial charge >= 0.3 is 0 Å². The zero-order valence-electron chi connectivity index (χ0n) is 14.2. The van der Waals surface area contributed by atoms with Crippen LogP contribution in [0, 0.1) is 13.8 Å². The molecule has 1 amide bonds. The third-order valence-corrected chi connectivity index (χ3v) is 4.15. The Kier molecular flexibility index (Phi) is 4.15. The van der Waals surface area contributed by atoms with Crippen molar-refractivity contribution in [2.45, 2.75) is 46.6 Å². The van der Waals surface area contributed by atoms with E-state index >= 15 is 0 Å². The summed E-state index contributed by atoms with van der Waals surface area (Å²) in [4.78, 5) is 28.1. The Morgan fingerprint density at radius 1 is 1.22 bits per heavy atom. The fourth-order valence-electron chi connectivity index (χ4n) is 2.79. The van der Waals surface area contributed by atoms with Gasteiger partial charge in [0.15, 0.2) is 5.65 Å². The predicted octanol–water partition coefficient (Wildman–Crippen LogP) is 2.38. The quantitative estimate of drug-likeness (QED) is 0.917. The molecular formula is C17H23N5O. The van der Waals surface area contributed by atoms with Crippen LogP contribution in [0.2, 0.25) is 0 Å². The molecular weight excluding hydrogens is 290 g/mol. The second kappa shape index (κ2) is 6.10. The number of hydrogen-bond acceptors (Lipinski definition) is 5. The van der Waals surface area contributed by atoms with Crippen molar-refractivity contribution in [3.8, 4) is 0 Å². The first-order valence-electron chi connectivity index (χ1n) is 8.25. The maximum atomic E-state index is 12.4. The Morgan fingerprint density at radius 2 is 1.91 bits per heavy atom. The van der Waals surface area contributed by atoms with Crippen molar-refractivity contribution in [1.29, 1.82) is 0 Å². The first-order valence-corrected chi connectivity index (χ1v) is 8.25. The normalized spacial score (nSPS) is 14.1. The van der Waals surface area contributed by atoms with Gasteiger partial charge < -0.3 is 10.2 Å². The van der Waals surface area contributed by atoms with Gasteiger partial charge in [-0.15, -0.1) is 0 Å². The lowest BCUT2D eigenvalue weighted by atomic mass is 10.1. The topological polar surface area (TPSA) is 71.0 Å². The summed E-state index contributed by atoms with van der Waals surface area (Å²) in [7, 11) is 0. The molecule has 0 atom stereocenters. The molecule has 122 valence electrons. The second-order valence-corrected chi connectivity index (χ2v) is 6.07. The summed E-state index contributed by atoms with van der Waals surface area (Å²) in [6, 6.07) is 2.31. The van der Waals surface area contributed by atoms with Crippen LogP contribution >= 0.6 is 0 Å². The molecule has 0 unspecified atom stereocenters. The van der Waals surface area contributed by atoms with E-state index in [4.69, 9.17) is 0 Å². The summed E-state index contributed by atoms with van der Waals surface area (Å²) in [5, 5.41) is 3.89. The summed E-state index contributed by atoms with van der Waals surface area (Å²) < 4.78 is 0. The number of nitrogens with zero attached hydrogens (tertiary/aromatic N) is 4. The average molecular weight is 313 g/mol. The van der Waals surface area contributed by atoms with E-state index in [9.17, 15) is 4.79 Å². The molecule has 2 heterocycles. The van der Waals surface area contributed by atoms with Crippen LogP contribution in [0.4, 0.5) is 5.82 Å². The molecule has 1 N–H and O–H groups in total. The molecule has 23 heavy (non-hydrogen) atoms. The Hall–Kier alpha value is -2.24. The minimum Gasteiger partial charge on any atom is -0.356 e. The van der Waals surface area contributed by atoms with Gasteiger partial charge in [-0.2, -0.15) is 0 Å². The molecule has 3 rings (SSSR count). The molecule has 6 heteroatoms. The van der Waals surface area contributed by atoms with E-state index in [1.54, 1.807) is 0 Å². The monoisotopic (exact) mass is 313 g/mol. The number of amides is 1. The van der Waals surface area contributed by atoms with Gasteiger partial charge in [-0.25, -0.2) is 15.0 Å². The summed E-state index contributed by atoms with van der Waals surface area (Å²) in [6.45, 7) is 9.78. The van der Waals surface area contributed by atoms with Crippen LogP contribution in [0.3, 0.4) is 0 Å². The van der Waals surface area contributed by atoms with E-state index in [1.165, 1.54) is 0 Å². The van der Waals surface area contributed by atoms with Crippen molar-refractivity contribution < 1.29 is 4.79 Å². The van der Waals surface area contributed by atoms with Crippen molar-refractivity contribution in [2.24, 2.45) is 0 Å². The number of anilines is 1. The molecule has 6 nitrogen and oxygen atoms in total. The average Bonchev–Trinajstić information content (AvgIpc) is 3.31. The number of hydrogen-bond donors (Lipinski definition) is 1. The largest absolute Gasteiger partial charge is 0.356 e. The number of fused-ring (bicyclic) bond motifs is 1. The summed E-state index contributed by atoms with van der Waals surface area (Å²) in [6.07, 6.45) is 2.08. The van der Waals surface area contributed by atoms with Crippen LogP contribution < -0.4 is 10.2 Å². The van der Waals surface area contributed by atoms with Gasteiger partial charge in [0.2, 0.25) is 5.82 Å². The van der Waals surface area contributed by atoms with E-state index in [2.05, 4.69) is 39.0 Å². The summed E-state index contributed by atoms with van der Waals surface area (Å²) >= 11 is 0. The summed E-state index contributed by atoms with van der Waals surface area (Å²) in [5.41, 5.74) is 2.58. The Morgan fingerprint density at radius 3 is 2.52 bits per heavy atom. The van der Waals surface area contributed by atoms with E-state index in [0.29, 0.717) is 5.65 Å². The SMILES string of the molecule is CCN(CC)c1nc(C(=O)NC2CC2)nc2nc(C)cc(C)c12. The lowest BCUT2D eigenvalue weighted by Gasteiger charge is -2.22. The molecule has 0 aliphatic heterocycles. The van der Waals surface area contributed by atoms with Crippen molar-refractivity contribution in [2.75, 3.05) is 18.0 Å². The van der Waals surface area contributed by atoms with Gasteiger partial charge in [-0.1, -0.05) is 0 Å². The highest BCUT2D eigenvalue weighted by atomic mass is 16.2. The van der Waals surface area contributed by atoms with Crippen molar-refractivity contribution in [1.82, 2.24) is 20.3 Å². The molecule has 1 aliphatic rings. The highest BCUT2D eigenvalue weighted by Crippen LogP contribution is 2.27. The van der Waals surface area contributed by atoms with Gasteiger partial charge in [-0.05, 0) is 52.2 Å². The molecule has 0 radical (unpaired) electrons.